The summed E-state index contributed by atoms with van der Waals surface area (Å²) in [6.07, 6.45) is 30.4. The van der Waals surface area contributed by atoms with Gasteiger partial charge in [0.2, 0.25) is 0 Å². The van der Waals surface area contributed by atoms with Crippen molar-refractivity contribution in [3.05, 3.63) is 0 Å². The molecule has 6 saturated carbocycles. The summed E-state index contributed by atoms with van der Waals surface area (Å²) >= 11 is 0. The van der Waals surface area contributed by atoms with Gasteiger partial charge in [-0.25, -0.2) is 0 Å². The standard InChI is InChI=1S/2C22H40/c2*1-15-9-5-7-11-19(15)21-13-18(4)22(14-17(21)3)20-12-8-6-10-16(20)2/h2*15-22H,5-14H2,1-4H3. The van der Waals surface area contributed by atoms with Gasteiger partial charge in [0.15, 0.2) is 0 Å². The molecule has 6 aliphatic carbocycles. The van der Waals surface area contributed by atoms with E-state index < -0.39 is 0 Å². The van der Waals surface area contributed by atoms with Gasteiger partial charge in [0.05, 0.1) is 0 Å². The van der Waals surface area contributed by atoms with Crippen molar-refractivity contribution in [1.82, 2.24) is 0 Å². The molecular formula is C44H80. The highest BCUT2D eigenvalue weighted by molar-refractivity contribution is 4.94. The van der Waals surface area contributed by atoms with Gasteiger partial charge in [0.1, 0.15) is 0 Å². The van der Waals surface area contributed by atoms with E-state index in [0.717, 1.165) is 94.7 Å². The van der Waals surface area contributed by atoms with Gasteiger partial charge < -0.3 is 0 Å². The van der Waals surface area contributed by atoms with Crippen LogP contribution in [-0.4, -0.2) is 0 Å². The Morgan fingerprint density at radius 3 is 0.568 bits per heavy atom. The maximum atomic E-state index is 2.61. The number of hydrogen-bond acceptors (Lipinski definition) is 0. The van der Waals surface area contributed by atoms with Crippen LogP contribution < -0.4 is 0 Å². The van der Waals surface area contributed by atoms with Crippen LogP contribution in [0.1, 0.15) is 184 Å². The Hall–Kier alpha value is 0. The summed E-state index contributed by atoms with van der Waals surface area (Å²) in [4.78, 5) is 0. The minimum atomic E-state index is 0.987. The van der Waals surface area contributed by atoms with Crippen molar-refractivity contribution in [2.24, 2.45) is 94.7 Å². The SMILES string of the molecule is CC1CCCCC1C1CC(C)C(C2CCCCC2C)CC1C.CC1CCCCC1C1CC(C)C(C2CCCCC2C)CC1C. The highest BCUT2D eigenvalue weighted by atomic mass is 14.5. The lowest BCUT2D eigenvalue weighted by Gasteiger charge is -2.49. The zero-order chi connectivity index (χ0) is 31.4. The van der Waals surface area contributed by atoms with E-state index in [-0.39, 0.29) is 0 Å². The number of hydrogen-bond donors (Lipinski definition) is 0. The average molecular weight is 609 g/mol. The van der Waals surface area contributed by atoms with Crippen molar-refractivity contribution in [2.75, 3.05) is 0 Å². The molecule has 0 N–H and O–H groups in total. The maximum Gasteiger partial charge on any atom is -0.0355 e. The summed E-state index contributed by atoms with van der Waals surface area (Å²) in [6.45, 7) is 20.6. The van der Waals surface area contributed by atoms with E-state index in [1.54, 1.807) is 25.7 Å². The molecule has 256 valence electrons. The second-order valence-electron chi connectivity index (χ2n) is 19.2. The van der Waals surface area contributed by atoms with Gasteiger partial charge >= 0.3 is 0 Å². The topological polar surface area (TPSA) is 0 Å². The lowest BCUT2D eigenvalue weighted by molar-refractivity contribution is 0.00575. The van der Waals surface area contributed by atoms with Gasteiger partial charge in [-0.1, -0.05) is 132 Å². The highest BCUT2D eigenvalue weighted by Crippen LogP contribution is 2.53. The third-order valence-corrected chi connectivity index (χ3v) is 16.4. The third-order valence-electron chi connectivity index (χ3n) is 16.4. The van der Waals surface area contributed by atoms with Crippen LogP contribution in [0.4, 0.5) is 0 Å². The fraction of sp³-hybridized carbons (Fsp3) is 1.00. The molecular weight excluding hydrogens is 528 g/mol. The van der Waals surface area contributed by atoms with Gasteiger partial charge in [0.25, 0.3) is 0 Å². The van der Waals surface area contributed by atoms with Gasteiger partial charge in [0, 0.05) is 0 Å². The van der Waals surface area contributed by atoms with E-state index in [1.807, 2.05) is 0 Å². The van der Waals surface area contributed by atoms with Gasteiger partial charge in [-0.3, -0.25) is 0 Å². The first kappa shape index (κ1) is 35.3. The minimum absolute atomic E-state index is 0.987. The lowest BCUT2D eigenvalue weighted by atomic mass is 9.56. The summed E-state index contributed by atoms with van der Waals surface area (Å²) in [5.74, 6) is 16.3. The summed E-state index contributed by atoms with van der Waals surface area (Å²) in [5, 5.41) is 0. The first-order valence-electron chi connectivity index (χ1n) is 21.2. The van der Waals surface area contributed by atoms with Crippen LogP contribution in [-0.2, 0) is 0 Å². The van der Waals surface area contributed by atoms with E-state index in [2.05, 4.69) is 55.4 Å². The van der Waals surface area contributed by atoms with Crippen LogP contribution in [0.3, 0.4) is 0 Å². The average Bonchev–Trinajstić information content (AvgIpc) is 3.01. The smallest absolute Gasteiger partial charge is 0.0355 e. The molecule has 16 atom stereocenters. The summed E-state index contributed by atoms with van der Waals surface area (Å²) in [5.41, 5.74) is 0. The van der Waals surface area contributed by atoms with Crippen LogP contribution in [0.15, 0.2) is 0 Å². The van der Waals surface area contributed by atoms with Crippen molar-refractivity contribution in [3.63, 3.8) is 0 Å². The molecule has 6 rings (SSSR count). The molecule has 0 aromatic carbocycles. The Kier molecular flexibility index (Phi) is 13.2. The Bertz CT molecular complexity index is 692. The van der Waals surface area contributed by atoms with Crippen molar-refractivity contribution >= 4 is 0 Å². The molecule has 0 amide bonds. The molecule has 0 bridgehead atoms. The molecule has 0 saturated heterocycles. The Morgan fingerprint density at radius 1 is 0.205 bits per heavy atom. The van der Waals surface area contributed by atoms with Crippen LogP contribution in [0, 0.1) is 94.7 Å². The first-order chi connectivity index (χ1) is 21.2. The van der Waals surface area contributed by atoms with Crippen molar-refractivity contribution in [2.45, 2.75) is 184 Å². The molecule has 44 heavy (non-hydrogen) atoms. The predicted octanol–water partition coefficient (Wildman–Crippen LogP) is 13.9. The second kappa shape index (κ2) is 16.4. The zero-order valence-corrected chi connectivity index (χ0v) is 31.4. The van der Waals surface area contributed by atoms with E-state index in [0.29, 0.717) is 0 Å². The molecule has 0 radical (unpaired) electrons. The molecule has 0 aliphatic heterocycles. The first-order valence-corrected chi connectivity index (χ1v) is 21.2. The Morgan fingerprint density at radius 2 is 0.386 bits per heavy atom. The van der Waals surface area contributed by atoms with E-state index in [1.165, 1.54) is 103 Å². The largest absolute Gasteiger partial charge is 0.0622 e. The van der Waals surface area contributed by atoms with Crippen LogP contribution in [0.2, 0.25) is 0 Å². The van der Waals surface area contributed by atoms with E-state index in [9.17, 15) is 0 Å². The molecule has 0 spiro atoms. The third kappa shape index (κ3) is 8.34. The fourth-order valence-electron chi connectivity index (χ4n) is 13.7. The van der Waals surface area contributed by atoms with Crippen molar-refractivity contribution in [1.29, 1.82) is 0 Å². The minimum Gasteiger partial charge on any atom is -0.0622 e. The van der Waals surface area contributed by atoms with Gasteiger partial charge in [-0.2, -0.15) is 0 Å². The Labute approximate surface area is 277 Å². The van der Waals surface area contributed by atoms with Gasteiger partial charge in [-0.15, -0.1) is 0 Å². The van der Waals surface area contributed by atoms with Crippen LogP contribution in [0.5, 0.6) is 0 Å². The molecule has 0 heterocycles. The predicted molar refractivity (Wildman–Crippen MR) is 194 cm³/mol. The Balaban J connectivity index is 0.000000175. The monoisotopic (exact) mass is 609 g/mol. The van der Waals surface area contributed by atoms with Crippen LogP contribution in [0.25, 0.3) is 0 Å². The maximum absolute atomic E-state index is 2.61. The second-order valence-corrected chi connectivity index (χ2v) is 19.2. The summed E-state index contributed by atoms with van der Waals surface area (Å²) in [7, 11) is 0. The van der Waals surface area contributed by atoms with Gasteiger partial charge in [-0.05, 0) is 146 Å². The van der Waals surface area contributed by atoms with Crippen molar-refractivity contribution in [3.8, 4) is 0 Å². The molecule has 16 unspecified atom stereocenters. The fourth-order valence-corrected chi connectivity index (χ4v) is 13.7. The molecule has 0 aromatic rings. The number of rotatable bonds is 4. The molecule has 6 aliphatic rings. The molecule has 6 fully saturated rings. The lowest BCUT2D eigenvalue weighted by Crippen LogP contribution is -2.41. The van der Waals surface area contributed by atoms with E-state index in [4.69, 9.17) is 0 Å². The van der Waals surface area contributed by atoms with E-state index >= 15 is 0 Å². The molecule has 0 aromatic heterocycles. The van der Waals surface area contributed by atoms with Crippen molar-refractivity contribution < 1.29 is 0 Å². The summed E-state index contributed by atoms with van der Waals surface area (Å²) in [6, 6.07) is 0. The normalized spacial score (nSPS) is 50.7. The quantitative estimate of drug-likeness (QED) is 0.298. The zero-order valence-electron chi connectivity index (χ0n) is 31.4. The molecule has 0 heteroatoms. The highest BCUT2D eigenvalue weighted by Gasteiger charge is 2.44. The summed E-state index contributed by atoms with van der Waals surface area (Å²) < 4.78 is 0. The van der Waals surface area contributed by atoms with Crippen LogP contribution >= 0.6 is 0 Å². The molecule has 0 nitrogen and oxygen atoms in total.